The van der Waals surface area contributed by atoms with E-state index in [9.17, 15) is 14.4 Å². The van der Waals surface area contributed by atoms with Crippen molar-refractivity contribution in [3.63, 3.8) is 0 Å². The smallest absolute Gasteiger partial charge is 0.251 e. The Morgan fingerprint density at radius 2 is 1.43 bits per heavy atom. The van der Waals surface area contributed by atoms with Crippen molar-refractivity contribution in [3.8, 4) is 0 Å². The van der Waals surface area contributed by atoms with E-state index in [0.29, 0.717) is 28.8 Å². The summed E-state index contributed by atoms with van der Waals surface area (Å²) in [5.74, 6) is 0.176. The van der Waals surface area contributed by atoms with Crippen molar-refractivity contribution in [1.29, 1.82) is 0 Å². The summed E-state index contributed by atoms with van der Waals surface area (Å²) in [6.45, 7) is 2.80. The van der Waals surface area contributed by atoms with Gasteiger partial charge in [0.05, 0.1) is 0 Å². The van der Waals surface area contributed by atoms with Crippen LogP contribution in [0.1, 0.15) is 56.3 Å². The van der Waals surface area contributed by atoms with Crippen LogP contribution in [0.5, 0.6) is 0 Å². The molecule has 2 saturated carbocycles. The van der Waals surface area contributed by atoms with Crippen molar-refractivity contribution in [2.45, 2.75) is 58.0 Å². The predicted octanol–water partition coefficient (Wildman–Crippen LogP) is 2.66. The predicted molar refractivity (Wildman–Crippen MR) is 112 cm³/mol. The van der Waals surface area contributed by atoms with E-state index in [1.54, 1.807) is 18.2 Å². The number of carbonyl (C=O) groups excluding carboxylic acids is 3. The summed E-state index contributed by atoms with van der Waals surface area (Å²) < 4.78 is 0. The molecule has 2 bridgehead atoms. The van der Waals surface area contributed by atoms with Gasteiger partial charge in [-0.15, -0.1) is 12.4 Å². The zero-order chi connectivity index (χ0) is 19.6. The van der Waals surface area contributed by atoms with Gasteiger partial charge in [0.1, 0.15) is 0 Å². The second-order valence-corrected chi connectivity index (χ2v) is 7.84. The van der Waals surface area contributed by atoms with Crippen LogP contribution < -0.4 is 21.7 Å². The van der Waals surface area contributed by atoms with E-state index in [1.165, 1.54) is 20.3 Å². The fraction of sp³-hybridized carbons (Fsp3) is 0.550. The number of rotatable bonds is 4. The Labute approximate surface area is 171 Å². The number of amides is 3. The first-order valence-corrected chi connectivity index (χ1v) is 9.58. The molecule has 2 aliphatic carbocycles. The Morgan fingerprint density at radius 3 is 1.89 bits per heavy atom. The van der Waals surface area contributed by atoms with Crippen LogP contribution in [0.2, 0.25) is 0 Å². The summed E-state index contributed by atoms with van der Waals surface area (Å²) in [4.78, 5) is 35.7. The summed E-state index contributed by atoms with van der Waals surface area (Å²) in [7, 11) is 0. The number of nitrogens with two attached hydrogens (primary N) is 1. The quantitative estimate of drug-likeness (QED) is 0.613. The SMILES string of the molecule is CC(=O)Nc1cc(NC(C)=O)cc(C(=O)NC2C3CCCC2CC(N)C3)c1.Cl. The number of benzene rings is 1. The normalized spacial score (nSPS) is 25.8. The van der Waals surface area contributed by atoms with Gasteiger partial charge in [0.15, 0.2) is 0 Å². The fourth-order valence-corrected chi connectivity index (χ4v) is 4.57. The summed E-state index contributed by atoms with van der Waals surface area (Å²) in [6, 6.07) is 5.26. The highest BCUT2D eigenvalue weighted by atomic mass is 35.5. The Balaban J connectivity index is 0.00000280. The Bertz CT molecular complexity index is 707. The number of hydrogen-bond acceptors (Lipinski definition) is 4. The minimum atomic E-state index is -0.239. The van der Waals surface area contributed by atoms with Gasteiger partial charge in [-0.3, -0.25) is 14.4 Å². The molecule has 0 spiro atoms. The molecule has 3 amide bonds. The minimum Gasteiger partial charge on any atom is -0.349 e. The highest BCUT2D eigenvalue weighted by Crippen LogP contribution is 2.39. The number of fused-ring (bicyclic) bond motifs is 2. The van der Waals surface area contributed by atoms with E-state index in [-0.39, 0.29) is 42.2 Å². The third-order valence-corrected chi connectivity index (χ3v) is 5.51. The molecule has 3 rings (SSSR count). The first-order valence-electron chi connectivity index (χ1n) is 9.58. The molecule has 0 aromatic heterocycles. The first kappa shape index (κ1) is 22.2. The van der Waals surface area contributed by atoms with Gasteiger partial charge in [-0.2, -0.15) is 0 Å². The van der Waals surface area contributed by atoms with Crippen molar-refractivity contribution in [2.75, 3.05) is 10.6 Å². The van der Waals surface area contributed by atoms with Crippen molar-refractivity contribution in [2.24, 2.45) is 17.6 Å². The fourth-order valence-electron chi connectivity index (χ4n) is 4.57. The highest BCUT2D eigenvalue weighted by Gasteiger charge is 2.40. The standard InChI is InChI=1S/C20H28N4O3.ClH/c1-11(25)22-17-8-15(9-18(10-17)23-12(2)26)20(27)24-19-13-4-3-5-14(19)7-16(21)6-13;/h8-10,13-14,16,19H,3-7,21H2,1-2H3,(H,22,25)(H,23,26)(H,24,27);1H. The maximum Gasteiger partial charge on any atom is 0.251 e. The average molecular weight is 409 g/mol. The monoisotopic (exact) mass is 408 g/mol. The molecule has 2 atom stereocenters. The summed E-state index contributed by atoms with van der Waals surface area (Å²) in [5, 5.41) is 8.55. The summed E-state index contributed by atoms with van der Waals surface area (Å²) in [6.07, 6.45) is 5.28. The zero-order valence-electron chi connectivity index (χ0n) is 16.3. The number of nitrogens with one attached hydrogen (secondary N) is 3. The van der Waals surface area contributed by atoms with Gasteiger partial charge >= 0.3 is 0 Å². The molecule has 0 radical (unpaired) electrons. The Morgan fingerprint density at radius 1 is 0.929 bits per heavy atom. The van der Waals surface area contributed by atoms with Crippen molar-refractivity contribution >= 4 is 41.5 Å². The topological polar surface area (TPSA) is 113 Å². The van der Waals surface area contributed by atoms with E-state index in [0.717, 1.165) is 25.7 Å². The molecule has 0 heterocycles. The van der Waals surface area contributed by atoms with Gasteiger partial charge in [-0.25, -0.2) is 0 Å². The van der Waals surface area contributed by atoms with Crippen LogP contribution in [-0.2, 0) is 9.59 Å². The number of hydrogen-bond donors (Lipinski definition) is 4. The maximum absolute atomic E-state index is 12.9. The lowest BCUT2D eigenvalue weighted by atomic mass is 9.67. The lowest BCUT2D eigenvalue weighted by molar-refractivity contribution is -0.115. The average Bonchev–Trinajstić information content (AvgIpc) is 2.54. The molecule has 154 valence electrons. The first-order chi connectivity index (χ1) is 12.8. The van der Waals surface area contributed by atoms with Gasteiger partial charge in [0, 0.05) is 42.9 Å². The lowest BCUT2D eigenvalue weighted by Gasteiger charge is -2.45. The molecule has 2 fully saturated rings. The molecular formula is C20H29ClN4O3. The molecule has 8 heteroatoms. The van der Waals surface area contributed by atoms with Crippen molar-refractivity contribution < 1.29 is 14.4 Å². The van der Waals surface area contributed by atoms with Crippen LogP contribution in [0.25, 0.3) is 0 Å². The van der Waals surface area contributed by atoms with Gasteiger partial charge in [-0.1, -0.05) is 6.42 Å². The van der Waals surface area contributed by atoms with Crippen molar-refractivity contribution in [3.05, 3.63) is 23.8 Å². The van der Waals surface area contributed by atoms with Crippen LogP contribution in [0, 0.1) is 11.8 Å². The van der Waals surface area contributed by atoms with E-state index < -0.39 is 0 Å². The van der Waals surface area contributed by atoms with Crippen LogP contribution in [0.15, 0.2) is 18.2 Å². The molecule has 5 N–H and O–H groups in total. The number of carbonyl (C=O) groups is 3. The molecule has 28 heavy (non-hydrogen) atoms. The minimum absolute atomic E-state index is 0. The Hall–Kier alpha value is -2.12. The summed E-state index contributed by atoms with van der Waals surface area (Å²) >= 11 is 0. The van der Waals surface area contributed by atoms with Gasteiger partial charge in [0.25, 0.3) is 5.91 Å². The Kier molecular flexibility index (Phi) is 7.43. The van der Waals surface area contributed by atoms with Crippen molar-refractivity contribution in [1.82, 2.24) is 5.32 Å². The third-order valence-electron chi connectivity index (χ3n) is 5.51. The van der Waals surface area contributed by atoms with Crippen LogP contribution in [0.3, 0.4) is 0 Å². The van der Waals surface area contributed by atoms with Crippen LogP contribution >= 0.6 is 12.4 Å². The van der Waals surface area contributed by atoms with E-state index in [4.69, 9.17) is 5.73 Å². The number of anilines is 2. The number of halogens is 1. The zero-order valence-corrected chi connectivity index (χ0v) is 17.1. The molecule has 2 aliphatic rings. The van der Waals surface area contributed by atoms with Gasteiger partial charge in [-0.05, 0) is 55.7 Å². The van der Waals surface area contributed by atoms with Crippen LogP contribution in [-0.4, -0.2) is 29.8 Å². The van der Waals surface area contributed by atoms with Crippen LogP contribution in [0.4, 0.5) is 11.4 Å². The van der Waals surface area contributed by atoms with E-state index in [2.05, 4.69) is 16.0 Å². The third kappa shape index (κ3) is 5.45. The molecule has 0 saturated heterocycles. The lowest BCUT2D eigenvalue weighted by Crippen LogP contribution is -2.53. The van der Waals surface area contributed by atoms with E-state index >= 15 is 0 Å². The molecule has 1 aromatic carbocycles. The second-order valence-electron chi connectivity index (χ2n) is 7.84. The van der Waals surface area contributed by atoms with Gasteiger partial charge in [0.2, 0.25) is 11.8 Å². The van der Waals surface area contributed by atoms with E-state index in [1.807, 2.05) is 0 Å². The second kappa shape index (κ2) is 9.39. The molecule has 2 unspecified atom stereocenters. The highest BCUT2D eigenvalue weighted by molar-refractivity contribution is 6.00. The largest absolute Gasteiger partial charge is 0.349 e. The molecule has 0 aliphatic heterocycles. The summed E-state index contributed by atoms with van der Waals surface area (Å²) in [5.41, 5.74) is 7.54. The maximum atomic E-state index is 12.9. The van der Waals surface area contributed by atoms with Gasteiger partial charge < -0.3 is 21.7 Å². The molecule has 7 nitrogen and oxygen atoms in total. The molecule has 1 aromatic rings. The molecular weight excluding hydrogens is 380 g/mol.